The number of likely N-dealkylation sites (N-methyl/N-ethyl adjacent to an activating group) is 1. The molecule has 8 nitrogen and oxygen atoms in total. The molecule has 4 rings (SSSR count). The maximum absolute atomic E-state index is 13.1. The van der Waals surface area contributed by atoms with E-state index in [-0.39, 0.29) is 24.3 Å². The Labute approximate surface area is 202 Å². The summed E-state index contributed by atoms with van der Waals surface area (Å²) >= 11 is 0. The Morgan fingerprint density at radius 1 is 1.00 bits per heavy atom. The number of aromatic nitrogens is 3. The third kappa shape index (κ3) is 5.96. The lowest BCUT2D eigenvalue weighted by molar-refractivity contribution is -0.117. The van der Waals surface area contributed by atoms with Crippen molar-refractivity contribution in [1.29, 1.82) is 0 Å². The molecule has 0 bridgehead atoms. The first kappa shape index (κ1) is 23.8. The Kier molecular flexibility index (Phi) is 7.27. The zero-order valence-electron chi connectivity index (χ0n) is 19.4. The lowest BCUT2D eigenvalue weighted by atomic mass is 10.1. The first-order valence-corrected chi connectivity index (χ1v) is 11.0. The second-order valence-electron chi connectivity index (χ2n) is 8.08. The van der Waals surface area contributed by atoms with Crippen LogP contribution in [0.15, 0.2) is 85.5 Å². The normalized spacial score (nSPS) is 11.8. The number of amides is 2. The van der Waals surface area contributed by atoms with Crippen molar-refractivity contribution < 1.29 is 14.0 Å². The van der Waals surface area contributed by atoms with Crippen molar-refractivity contribution >= 4 is 23.2 Å². The van der Waals surface area contributed by atoms with E-state index in [9.17, 15) is 14.0 Å². The molecule has 0 saturated carbocycles. The van der Waals surface area contributed by atoms with Gasteiger partial charge in [-0.1, -0.05) is 24.3 Å². The topological polar surface area (TPSA) is 92.2 Å². The Morgan fingerprint density at radius 3 is 2.40 bits per heavy atom. The van der Waals surface area contributed by atoms with E-state index in [0.717, 1.165) is 11.3 Å². The van der Waals surface area contributed by atoms with E-state index >= 15 is 0 Å². The predicted molar refractivity (Wildman–Crippen MR) is 132 cm³/mol. The molecule has 9 heteroatoms. The van der Waals surface area contributed by atoms with Crippen molar-refractivity contribution in [2.45, 2.75) is 13.0 Å². The fourth-order valence-corrected chi connectivity index (χ4v) is 3.58. The van der Waals surface area contributed by atoms with E-state index in [2.05, 4.69) is 20.7 Å². The van der Waals surface area contributed by atoms with Crippen molar-refractivity contribution in [3.8, 4) is 5.69 Å². The highest BCUT2D eigenvalue weighted by Gasteiger charge is 2.18. The monoisotopic (exact) mass is 472 g/mol. The third-order valence-electron chi connectivity index (χ3n) is 5.66. The summed E-state index contributed by atoms with van der Waals surface area (Å²) in [5.41, 5.74) is 3.11. The predicted octanol–water partition coefficient (Wildman–Crippen LogP) is 4.29. The van der Waals surface area contributed by atoms with Gasteiger partial charge in [-0.3, -0.25) is 14.5 Å². The van der Waals surface area contributed by atoms with E-state index in [1.165, 1.54) is 30.6 Å². The van der Waals surface area contributed by atoms with E-state index in [1.807, 2.05) is 43.1 Å². The Hall–Kier alpha value is -4.37. The largest absolute Gasteiger partial charge is 0.324 e. The molecule has 0 radical (unpaired) electrons. The van der Waals surface area contributed by atoms with Gasteiger partial charge in [0.15, 0.2) is 0 Å². The van der Waals surface area contributed by atoms with Crippen LogP contribution < -0.4 is 10.6 Å². The quantitative estimate of drug-likeness (QED) is 0.399. The highest BCUT2D eigenvalue weighted by atomic mass is 19.1. The van der Waals surface area contributed by atoms with Crippen LogP contribution >= 0.6 is 0 Å². The summed E-state index contributed by atoms with van der Waals surface area (Å²) in [5.74, 6) is -1.04. The molecule has 3 aromatic carbocycles. The number of carbonyl (C=O) groups excluding carboxylic acids is 2. The van der Waals surface area contributed by atoms with Gasteiger partial charge in [-0.2, -0.15) is 5.10 Å². The molecule has 0 spiro atoms. The first-order chi connectivity index (χ1) is 16.9. The molecular weight excluding hydrogens is 447 g/mol. The number of carbonyl (C=O) groups is 2. The molecule has 2 N–H and O–H groups in total. The zero-order chi connectivity index (χ0) is 24.8. The lowest BCUT2D eigenvalue weighted by Gasteiger charge is -2.25. The molecule has 35 heavy (non-hydrogen) atoms. The van der Waals surface area contributed by atoms with Gasteiger partial charge in [0.25, 0.3) is 5.91 Å². The maximum atomic E-state index is 13.1. The molecule has 1 atom stereocenters. The summed E-state index contributed by atoms with van der Waals surface area (Å²) in [6, 6.07) is 20.1. The van der Waals surface area contributed by atoms with Crippen molar-refractivity contribution in [2.75, 3.05) is 24.2 Å². The third-order valence-corrected chi connectivity index (χ3v) is 5.66. The van der Waals surface area contributed by atoms with Gasteiger partial charge in [0.05, 0.1) is 23.5 Å². The number of anilines is 2. The van der Waals surface area contributed by atoms with Gasteiger partial charge in [0.2, 0.25) is 5.91 Å². The number of halogens is 1. The van der Waals surface area contributed by atoms with Crippen LogP contribution in [0.1, 0.15) is 28.9 Å². The molecule has 0 aliphatic rings. The molecule has 1 aromatic heterocycles. The Balaban J connectivity index is 1.38. The van der Waals surface area contributed by atoms with Crippen LogP contribution in [-0.2, 0) is 4.79 Å². The first-order valence-electron chi connectivity index (χ1n) is 11.0. The summed E-state index contributed by atoms with van der Waals surface area (Å²) in [6.45, 7) is 2.14. The van der Waals surface area contributed by atoms with Crippen molar-refractivity contribution in [1.82, 2.24) is 19.7 Å². The van der Waals surface area contributed by atoms with E-state index < -0.39 is 5.91 Å². The molecule has 0 aliphatic heterocycles. The van der Waals surface area contributed by atoms with Crippen LogP contribution in [0.25, 0.3) is 5.69 Å². The van der Waals surface area contributed by atoms with Crippen molar-refractivity contribution in [3.63, 3.8) is 0 Å². The second kappa shape index (κ2) is 10.7. The van der Waals surface area contributed by atoms with Gasteiger partial charge in [-0.25, -0.2) is 14.1 Å². The fourth-order valence-electron chi connectivity index (χ4n) is 3.58. The van der Waals surface area contributed by atoms with Gasteiger partial charge in [-0.15, -0.1) is 0 Å². The van der Waals surface area contributed by atoms with Crippen LogP contribution in [0.2, 0.25) is 0 Å². The van der Waals surface area contributed by atoms with Gasteiger partial charge >= 0.3 is 0 Å². The standard InChI is InChI=1S/C26H25FN6O2/c1-18(19-7-13-22(14-8-19)33-17-28-16-29-33)32(2)15-25(34)31-24-6-4-3-5-23(24)26(35)30-21-11-9-20(27)10-12-21/h3-14,16-18H,15H2,1-2H3,(H,30,35)(H,31,34). The fraction of sp³-hybridized carbons (Fsp3) is 0.154. The molecule has 0 fully saturated rings. The Morgan fingerprint density at radius 2 is 1.71 bits per heavy atom. The van der Waals surface area contributed by atoms with Gasteiger partial charge in [0.1, 0.15) is 18.5 Å². The van der Waals surface area contributed by atoms with Crippen LogP contribution in [0, 0.1) is 5.82 Å². The second-order valence-corrected chi connectivity index (χ2v) is 8.08. The summed E-state index contributed by atoms with van der Waals surface area (Å²) in [7, 11) is 1.86. The van der Waals surface area contributed by atoms with E-state index in [0.29, 0.717) is 16.9 Å². The number of nitrogens with one attached hydrogen (secondary N) is 2. The molecule has 1 unspecified atom stereocenters. The van der Waals surface area contributed by atoms with Crippen LogP contribution in [0.5, 0.6) is 0 Å². The number of nitrogens with zero attached hydrogens (tertiary/aromatic N) is 4. The summed E-state index contributed by atoms with van der Waals surface area (Å²) < 4.78 is 14.8. The highest BCUT2D eigenvalue weighted by molar-refractivity contribution is 6.10. The number of benzene rings is 3. The molecule has 0 saturated heterocycles. The molecule has 4 aromatic rings. The highest BCUT2D eigenvalue weighted by Crippen LogP contribution is 2.21. The minimum Gasteiger partial charge on any atom is -0.324 e. The number of para-hydroxylation sites is 1. The van der Waals surface area contributed by atoms with E-state index in [4.69, 9.17) is 0 Å². The maximum Gasteiger partial charge on any atom is 0.257 e. The number of hydrogen-bond acceptors (Lipinski definition) is 5. The SMILES string of the molecule is CC(c1ccc(-n2cncn2)cc1)N(C)CC(=O)Nc1ccccc1C(=O)Nc1ccc(F)cc1. The summed E-state index contributed by atoms with van der Waals surface area (Å²) in [5, 5.41) is 9.67. The zero-order valence-corrected chi connectivity index (χ0v) is 19.4. The average molecular weight is 473 g/mol. The smallest absolute Gasteiger partial charge is 0.257 e. The van der Waals surface area contributed by atoms with Crippen LogP contribution in [0.4, 0.5) is 15.8 Å². The van der Waals surface area contributed by atoms with Crippen molar-refractivity contribution in [3.05, 3.63) is 102 Å². The number of hydrogen-bond donors (Lipinski definition) is 2. The van der Waals surface area contributed by atoms with Gasteiger partial charge in [-0.05, 0) is 68.1 Å². The molecule has 178 valence electrons. The minimum absolute atomic E-state index is 0.0254. The lowest BCUT2D eigenvalue weighted by Crippen LogP contribution is -2.32. The molecule has 0 aliphatic carbocycles. The van der Waals surface area contributed by atoms with E-state index in [1.54, 1.807) is 35.3 Å². The van der Waals surface area contributed by atoms with Gasteiger partial charge < -0.3 is 10.6 Å². The Bertz CT molecular complexity index is 1290. The van der Waals surface area contributed by atoms with Gasteiger partial charge in [0, 0.05) is 11.7 Å². The molecule has 2 amide bonds. The molecule has 1 heterocycles. The average Bonchev–Trinajstić information content (AvgIpc) is 3.40. The summed E-state index contributed by atoms with van der Waals surface area (Å²) in [4.78, 5) is 31.4. The van der Waals surface area contributed by atoms with Crippen LogP contribution in [-0.4, -0.2) is 45.1 Å². The van der Waals surface area contributed by atoms with Crippen LogP contribution in [0.3, 0.4) is 0 Å². The molecular formula is C26H25FN6O2. The van der Waals surface area contributed by atoms with Crippen molar-refractivity contribution in [2.24, 2.45) is 0 Å². The summed E-state index contributed by atoms with van der Waals surface area (Å²) in [6.07, 6.45) is 3.11. The number of rotatable bonds is 8. The minimum atomic E-state index is -0.401.